The summed E-state index contributed by atoms with van der Waals surface area (Å²) in [5.74, 6) is 0.925. The Labute approximate surface area is 93.9 Å². The second-order valence-electron chi connectivity index (χ2n) is 5.02. The van der Waals surface area contributed by atoms with Crippen molar-refractivity contribution < 1.29 is 5.11 Å². The number of aliphatic hydroxyl groups is 1. The first-order valence-corrected chi connectivity index (χ1v) is 6.21. The average Bonchev–Trinajstić information content (AvgIpc) is 3.01. The van der Waals surface area contributed by atoms with E-state index in [1.165, 1.54) is 19.4 Å². The summed E-state index contributed by atoms with van der Waals surface area (Å²) in [5.41, 5.74) is -0.139. The Morgan fingerprint density at radius 3 is 2.47 bits per heavy atom. The van der Waals surface area contributed by atoms with Gasteiger partial charge in [-0.2, -0.15) is 0 Å². The number of nitrogens with zero attached hydrogens (tertiary/aromatic N) is 1. The highest BCUT2D eigenvalue weighted by molar-refractivity contribution is 4.87. The van der Waals surface area contributed by atoms with Crippen LogP contribution in [-0.2, 0) is 0 Å². The standard InChI is InChI=1S/C12H26N2O/c1-4-13-12(3,10-15)9-14(5-2)8-11-6-7-11/h11,13,15H,4-10H2,1-3H3. The first kappa shape index (κ1) is 12.9. The van der Waals surface area contributed by atoms with Crippen LogP contribution in [0.4, 0.5) is 0 Å². The third-order valence-corrected chi connectivity index (χ3v) is 3.19. The highest BCUT2D eigenvalue weighted by atomic mass is 16.3. The van der Waals surface area contributed by atoms with Gasteiger partial charge in [0.1, 0.15) is 0 Å². The fourth-order valence-corrected chi connectivity index (χ4v) is 2.05. The second-order valence-corrected chi connectivity index (χ2v) is 5.02. The van der Waals surface area contributed by atoms with E-state index in [2.05, 4.69) is 31.0 Å². The quantitative estimate of drug-likeness (QED) is 0.634. The van der Waals surface area contributed by atoms with Gasteiger partial charge < -0.3 is 15.3 Å². The van der Waals surface area contributed by atoms with Gasteiger partial charge in [0, 0.05) is 13.1 Å². The van der Waals surface area contributed by atoms with Crippen LogP contribution in [0.2, 0.25) is 0 Å². The number of hydrogen-bond donors (Lipinski definition) is 2. The molecule has 0 bridgehead atoms. The molecule has 1 rings (SSSR count). The molecule has 2 N–H and O–H groups in total. The van der Waals surface area contributed by atoms with Crippen LogP contribution in [0, 0.1) is 5.92 Å². The van der Waals surface area contributed by atoms with Gasteiger partial charge >= 0.3 is 0 Å². The van der Waals surface area contributed by atoms with E-state index >= 15 is 0 Å². The van der Waals surface area contributed by atoms with E-state index in [0.29, 0.717) is 0 Å². The van der Waals surface area contributed by atoms with Crippen LogP contribution in [0.1, 0.15) is 33.6 Å². The summed E-state index contributed by atoms with van der Waals surface area (Å²) in [6.45, 7) is 10.8. The van der Waals surface area contributed by atoms with Crippen molar-refractivity contribution in [2.75, 3.05) is 32.8 Å². The molecule has 1 fully saturated rings. The van der Waals surface area contributed by atoms with Crippen molar-refractivity contribution in [1.82, 2.24) is 10.2 Å². The lowest BCUT2D eigenvalue weighted by Crippen LogP contribution is -2.54. The molecule has 0 aromatic carbocycles. The number of likely N-dealkylation sites (N-methyl/N-ethyl adjacent to an activating group) is 2. The Kier molecular flexibility index (Phi) is 5.03. The van der Waals surface area contributed by atoms with Crippen LogP contribution in [0.25, 0.3) is 0 Å². The van der Waals surface area contributed by atoms with Crippen molar-refractivity contribution in [2.24, 2.45) is 5.92 Å². The Morgan fingerprint density at radius 1 is 1.40 bits per heavy atom. The highest BCUT2D eigenvalue weighted by Crippen LogP contribution is 2.29. The molecule has 1 unspecified atom stereocenters. The summed E-state index contributed by atoms with van der Waals surface area (Å²) in [4.78, 5) is 2.45. The molecular formula is C12H26N2O. The minimum absolute atomic E-state index is 0.139. The topological polar surface area (TPSA) is 35.5 Å². The molecule has 1 saturated carbocycles. The molecule has 3 heteroatoms. The summed E-state index contributed by atoms with van der Waals surface area (Å²) < 4.78 is 0. The predicted molar refractivity (Wildman–Crippen MR) is 64.0 cm³/mol. The number of hydrogen-bond acceptors (Lipinski definition) is 3. The summed E-state index contributed by atoms with van der Waals surface area (Å²) in [6.07, 6.45) is 2.79. The zero-order valence-electron chi connectivity index (χ0n) is 10.4. The molecule has 0 amide bonds. The maximum atomic E-state index is 9.42. The third kappa shape index (κ3) is 4.49. The fraction of sp³-hybridized carbons (Fsp3) is 1.00. The fourth-order valence-electron chi connectivity index (χ4n) is 2.05. The van der Waals surface area contributed by atoms with E-state index in [1.54, 1.807) is 0 Å². The largest absolute Gasteiger partial charge is 0.394 e. The Morgan fingerprint density at radius 2 is 2.07 bits per heavy atom. The van der Waals surface area contributed by atoms with Gasteiger partial charge in [-0.3, -0.25) is 0 Å². The summed E-state index contributed by atoms with van der Waals surface area (Å²) in [5, 5.41) is 12.8. The molecule has 0 aromatic heterocycles. The minimum Gasteiger partial charge on any atom is -0.394 e. The number of rotatable bonds is 8. The number of nitrogens with one attached hydrogen (secondary N) is 1. The summed E-state index contributed by atoms with van der Waals surface area (Å²) >= 11 is 0. The summed E-state index contributed by atoms with van der Waals surface area (Å²) in [7, 11) is 0. The first-order chi connectivity index (χ1) is 7.13. The molecule has 0 aliphatic heterocycles. The van der Waals surface area contributed by atoms with Crippen molar-refractivity contribution in [1.29, 1.82) is 0 Å². The van der Waals surface area contributed by atoms with E-state index < -0.39 is 0 Å². The molecule has 3 nitrogen and oxygen atoms in total. The zero-order valence-corrected chi connectivity index (χ0v) is 10.4. The van der Waals surface area contributed by atoms with Gasteiger partial charge in [-0.25, -0.2) is 0 Å². The van der Waals surface area contributed by atoms with Crippen LogP contribution >= 0.6 is 0 Å². The lowest BCUT2D eigenvalue weighted by atomic mass is 10.0. The average molecular weight is 214 g/mol. The Bertz CT molecular complexity index is 182. The van der Waals surface area contributed by atoms with Crippen molar-refractivity contribution >= 4 is 0 Å². The smallest absolute Gasteiger partial charge is 0.0623 e. The van der Waals surface area contributed by atoms with Gasteiger partial charge in [-0.1, -0.05) is 13.8 Å². The Hall–Kier alpha value is -0.120. The van der Waals surface area contributed by atoms with Crippen molar-refractivity contribution in [3.8, 4) is 0 Å². The van der Waals surface area contributed by atoms with Crippen LogP contribution in [0.5, 0.6) is 0 Å². The molecule has 1 atom stereocenters. The normalized spacial score (nSPS) is 20.6. The maximum Gasteiger partial charge on any atom is 0.0623 e. The minimum atomic E-state index is -0.139. The van der Waals surface area contributed by atoms with Crippen LogP contribution in [0.15, 0.2) is 0 Å². The molecule has 0 heterocycles. The molecule has 0 radical (unpaired) electrons. The Balaban J connectivity index is 2.38. The molecule has 15 heavy (non-hydrogen) atoms. The highest BCUT2D eigenvalue weighted by Gasteiger charge is 2.29. The van der Waals surface area contributed by atoms with Crippen LogP contribution in [0.3, 0.4) is 0 Å². The van der Waals surface area contributed by atoms with Gasteiger partial charge in [0.2, 0.25) is 0 Å². The molecule has 0 spiro atoms. The van der Waals surface area contributed by atoms with Gasteiger partial charge in [0.05, 0.1) is 12.1 Å². The molecule has 1 aliphatic carbocycles. The third-order valence-electron chi connectivity index (χ3n) is 3.19. The van der Waals surface area contributed by atoms with E-state index in [4.69, 9.17) is 0 Å². The van der Waals surface area contributed by atoms with Gasteiger partial charge in [0.25, 0.3) is 0 Å². The molecule has 0 saturated heterocycles. The van der Waals surface area contributed by atoms with Crippen LogP contribution in [-0.4, -0.2) is 48.3 Å². The van der Waals surface area contributed by atoms with Gasteiger partial charge in [-0.15, -0.1) is 0 Å². The lowest BCUT2D eigenvalue weighted by Gasteiger charge is -2.34. The van der Waals surface area contributed by atoms with Crippen molar-refractivity contribution in [2.45, 2.75) is 39.2 Å². The molecule has 90 valence electrons. The van der Waals surface area contributed by atoms with Crippen molar-refractivity contribution in [3.05, 3.63) is 0 Å². The second kappa shape index (κ2) is 5.83. The van der Waals surface area contributed by atoms with Crippen molar-refractivity contribution in [3.63, 3.8) is 0 Å². The maximum absolute atomic E-state index is 9.42. The van der Waals surface area contributed by atoms with Crippen LogP contribution < -0.4 is 5.32 Å². The monoisotopic (exact) mass is 214 g/mol. The summed E-state index contributed by atoms with van der Waals surface area (Å²) in [6, 6.07) is 0. The SMILES string of the molecule is CCNC(C)(CO)CN(CC)CC1CC1. The molecule has 1 aliphatic rings. The van der Waals surface area contributed by atoms with E-state index in [1.807, 2.05) is 0 Å². The van der Waals surface area contributed by atoms with Gasteiger partial charge in [0.15, 0.2) is 0 Å². The first-order valence-electron chi connectivity index (χ1n) is 6.21. The number of aliphatic hydroxyl groups excluding tert-OH is 1. The van der Waals surface area contributed by atoms with Gasteiger partial charge in [-0.05, 0) is 38.8 Å². The molecule has 0 aromatic rings. The predicted octanol–water partition coefficient (Wildman–Crippen LogP) is 1.08. The van der Waals surface area contributed by atoms with E-state index in [9.17, 15) is 5.11 Å². The zero-order chi connectivity index (χ0) is 11.3. The van der Waals surface area contributed by atoms with E-state index in [0.717, 1.165) is 25.6 Å². The van der Waals surface area contributed by atoms with E-state index in [-0.39, 0.29) is 12.1 Å². The lowest BCUT2D eigenvalue weighted by molar-refractivity contribution is 0.121. The molecular weight excluding hydrogens is 188 g/mol.